The lowest BCUT2D eigenvalue weighted by Gasteiger charge is -2.48. The molecule has 0 N–H and O–H groups in total. The minimum Gasteiger partial charge on any atom is -0.441 e. The lowest BCUT2D eigenvalue weighted by molar-refractivity contribution is 0.651. The summed E-state index contributed by atoms with van der Waals surface area (Å²) in [5, 5.41) is 9.59. The number of benzene rings is 7. The zero-order valence-electron chi connectivity index (χ0n) is 27.2. The minimum absolute atomic E-state index is 0.0366. The van der Waals surface area contributed by atoms with Crippen LogP contribution in [0.15, 0.2) is 150 Å². The summed E-state index contributed by atoms with van der Waals surface area (Å²) in [7, 11) is -2.70. The van der Waals surface area contributed by atoms with E-state index in [9.17, 15) is 0 Å². The highest BCUT2D eigenvalue weighted by atomic mass is 28.3. The molecule has 0 amide bonds. The van der Waals surface area contributed by atoms with Crippen LogP contribution in [0.1, 0.15) is 5.56 Å². The first-order chi connectivity index (χ1) is 24.7. The summed E-state index contributed by atoms with van der Waals surface area (Å²) in [6, 6.07) is 55.2. The average molecular weight is 651 g/mol. The topological polar surface area (TPSA) is 21.3 Å². The molecule has 0 radical (unpaired) electrons. The van der Waals surface area contributed by atoms with Crippen molar-refractivity contribution in [2.45, 2.75) is 6.92 Å². The van der Waals surface area contributed by atoms with Crippen LogP contribution in [0.2, 0.25) is 0 Å². The zero-order chi connectivity index (χ0) is 32.5. The molecule has 2 aromatic heterocycles. The smallest absolute Gasteiger partial charge is 0.336 e. The predicted octanol–water partition coefficient (Wildman–Crippen LogP) is 6.94. The standard InChI is InChI=1S/C45H27BN2OSi/c1-26-24-32-29-15-10-16-31-41-30-14-2-6-19-36(30)49-45(41)48(43(29)31)46-33-17-11-23-40-44(33)47(35(25-26)42(32)46)34-18-5-9-22-39(34)50(40)37-20-7-3-12-27(37)28-13-4-8-21-38(28)50/h2-25H,1H3. The van der Waals surface area contributed by atoms with Crippen LogP contribution in [-0.2, 0) is 0 Å². The Morgan fingerprint density at radius 3 is 2.06 bits per heavy atom. The van der Waals surface area contributed by atoms with E-state index in [2.05, 4.69) is 162 Å². The number of aryl methyl sites for hydroxylation is 1. The molecule has 0 atom stereocenters. The maximum atomic E-state index is 6.90. The number of rotatable bonds is 0. The van der Waals surface area contributed by atoms with Gasteiger partial charge in [0, 0.05) is 38.9 Å². The molecule has 4 aliphatic rings. The second kappa shape index (κ2) is 8.57. The van der Waals surface area contributed by atoms with E-state index in [0.717, 1.165) is 11.3 Å². The van der Waals surface area contributed by atoms with Crippen LogP contribution in [0.4, 0.5) is 17.1 Å². The summed E-state index contributed by atoms with van der Waals surface area (Å²) < 4.78 is 9.45. The van der Waals surface area contributed by atoms with E-state index in [1.165, 1.54) is 98.2 Å². The Bertz CT molecular complexity index is 3000. The molecule has 13 rings (SSSR count). The molecule has 6 heterocycles. The third kappa shape index (κ3) is 2.68. The van der Waals surface area contributed by atoms with Gasteiger partial charge in [0.25, 0.3) is 0 Å². The first-order valence-corrected chi connectivity index (χ1v) is 19.6. The summed E-state index contributed by atoms with van der Waals surface area (Å²) >= 11 is 0. The molecule has 50 heavy (non-hydrogen) atoms. The van der Waals surface area contributed by atoms with Gasteiger partial charge in [0.05, 0.1) is 5.39 Å². The fourth-order valence-corrected chi connectivity index (χ4v) is 16.1. The van der Waals surface area contributed by atoms with E-state index < -0.39 is 8.07 Å². The largest absolute Gasteiger partial charge is 0.441 e. The van der Waals surface area contributed by atoms with Gasteiger partial charge in [-0.25, -0.2) is 0 Å². The van der Waals surface area contributed by atoms with E-state index in [4.69, 9.17) is 4.42 Å². The monoisotopic (exact) mass is 650 g/mol. The Morgan fingerprint density at radius 2 is 1.22 bits per heavy atom. The van der Waals surface area contributed by atoms with Gasteiger partial charge in [-0.2, -0.15) is 0 Å². The quantitative estimate of drug-likeness (QED) is 0.166. The van der Waals surface area contributed by atoms with Crippen LogP contribution in [0.3, 0.4) is 0 Å². The maximum absolute atomic E-state index is 6.90. The van der Waals surface area contributed by atoms with Crippen molar-refractivity contribution < 1.29 is 4.42 Å². The van der Waals surface area contributed by atoms with E-state index in [-0.39, 0.29) is 6.85 Å². The molecule has 0 saturated heterocycles. The van der Waals surface area contributed by atoms with Gasteiger partial charge in [0.2, 0.25) is 0 Å². The number of aromatic nitrogens is 1. The van der Waals surface area contributed by atoms with Gasteiger partial charge in [0.15, 0.2) is 13.8 Å². The van der Waals surface area contributed by atoms with Crippen LogP contribution >= 0.6 is 0 Å². The van der Waals surface area contributed by atoms with E-state index in [1.807, 2.05) is 0 Å². The SMILES string of the molecule is Cc1cc2c3c(c1)N1c4ccccc4[Si]4(c5ccccc5-c5ccccc54)c4cccc(c41)B3n1c3oc4ccccc4c3c3cccc-2c31. The molecule has 230 valence electrons. The summed E-state index contributed by atoms with van der Waals surface area (Å²) in [4.78, 5) is 2.63. The molecule has 0 unspecified atom stereocenters. The number of para-hydroxylation sites is 4. The number of anilines is 3. The van der Waals surface area contributed by atoms with Crippen molar-refractivity contribution in [3.8, 4) is 22.3 Å². The van der Waals surface area contributed by atoms with Crippen molar-refractivity contribution in [1.29, 1.82) is 0 Å². The molecule has 9 aromatic rings. The second-order valence-electron chi connectivity index (χ2n) is 14.4. The summed E-state index contributed by atoms with van der Waals surface area (Å²) in [6.07, 6.45) is 0. The highest BCUT2D eigenvalue weighted by Crippen LogP contribution is 2.48. The molecule has 0 saturated carbocycles. The second-order valence-corrected chi connectivity index (χ2v) is 18.1. The summed E-state index contributed by atoms with van der Waals surface area (Å²) in [5.74, 6) is 0. The molecule has 0 aliphatic carbocycles. The highest BCUT2D eigenvalue weighted by Gasteiger charge is 2.56. The van der Waals surface area contributed by atoms with Gasteiger partial charge in [-0.05, 0) is 79.0 Å². The van der Waals surface area contributed by atoms with Crippen molar-refractivity contribution in [1.82, 2.24) is 4.48 Å². The first kappa shape index (κ1) is 25.9. The van der Waals surface area contributed by atoms with Crippen LogP contribution in [0.25, 0.3) is 55.2 Å². The lowest BCUT2D eigenvalue weighted by atomic mass is 9.45. The Labute approximate surface area is 289 Å². The number of nitrogens with zero attached hydrogens (tertiary/aromatic N) is 2. The van der Waals surface area contributed by atoms with Gasteiger partial charge < -0.3 is 13.8 Å². The van der Waals surface area contributed by atoms with Crippen LogP contribution < -0.4 is 36.6 Å². The van der Waals surface area contributed by atoms with Crippen LogP contribution in [0.5, 0.6) is 0 Å². The van der Waals surface area contributed by atoms with Gasteiger partial charge in [-0.15, -0.1) is 0 Å². The number of hydrogen-bond donors (Lipinski definition) is 0. The third-order valence-corrected chi connectivity index (χ3v) is 17.1. The molecule has 7 aromatic carbocycles. The molecule has 0 fully saturated rings. The Morgan fingerprint density at radius 1 is 0.560 bits per heavy atom. The maximum Gasteiger partial charge on any atom is 0.336 e. The molecule has 0 bridgehead atoms. The summed E-state index contributed by atoms with van der Waals surface area (Å²) in [5.41, 5.74) is 16.5. The van der Waals surface area contributed by atoms with Crippen molar-refractivity contribution in [3.05, 3.63) is 151 Å². The molecule has 4 aliphatic heterocycles. The normalized spacial score (nSPS) is 15.0. The van der Waals surface area contributed by atoms with Gasteiger partial charge in [-0.3, -0.25) is 0 Å². The fraction of sp³-hybridized carbons (Fsp3) is 0.0222. The molecular weight excluding hydrogens is 623 g/mol. The third-order valence-electron chi connectivity index (χ3n) is 12.2. The Kier molecular flexibility index (Phi) is 4.44. The van der Waals surface area contributed by atoms with Crippen molar-refractivity contribution in [3.63, 3.8) is 0 Å². The minimum atomic E-state index is -2.70. The van der Waals surface area contributed by atoms with Crippen molar-refractivity contribution in [2.24, 2.45) is 0 Å². The molecule has 1 spiro atoms. The molecule has 5 heteroatoms. The Balaban J connectivity index is 1.24. The number of hydrogen-bond acceptors (Lipinski definition) is 2. The van der Waals surface area contributed by atoms with E-state index in [1.54, 1.807) is 0 Å². The predicted molar refractivity (Wildman–Crippen MR) is 211 cm³/mol. The van der Waals surface area contributed by atoms with Gasteiger partial charge >= 0.3 is 6.85 Å². The zero-order valence-corrected chi connectivity index (χ0v) is 28.2. The van der Waals surface area contributed by atoms with Gasteiger partial charge in [0.1, 0.15) is 5.58 Å². The molecular formula is C45H27BN2OSi. The average Bonchev–Trinajstić information content (AvgIpc) is 3.79. The Hall–Kier alpha value is -6.04. The number of furan rings is 1. The van der Waals surface area contributed by atoms with E-state index >= 15 is 0 Å². The van der Waals surface area contributed by atoms with Crippen LogP contribution in [-0.4, -0.2) is 19.4 Å². The number of fused-ring (bicyclic) bond motifs is 18. The first-order valence-electron chi connectivity index (χ1n) is 17.6. The summed E-state index contributed by atoms with van der Waals surface area (Å²) in [6.45, 7) is 2.22. The van der Waals surface area contributed by atoms with Crippen molar-refractivity contribution >= 4 is 96.6 Å². The van der Waals surface area contributed by atoms with Gasteiger partial charge in [-0.1, -0.05) is 127 Å². The lowest BCUT2D eigenvalue weighted by Crippen LogP contribution is -2.77. The van der Waals surface area contributed by atoms with E-state index in [0.29, 0.717) is 0 Å². The molecule has 3 nitrogen and oxygen atoms in total. The fourth-order valence-electron chi connectivity index (χ4n) is 10.6. The van der Waals surface area contributed by atoms with Crippen LogP contribution in [0, 0.1) is 6.92 Å². The van der Waals surface area contributed by atoms with Crippen molar-refractivity contribution in [2.75, 3.05) is 4.90 Å². The highest BCUT2D eigenvalue weighted by molar-refractivity contribution is 7.24.